The molecule has 0 saturated heterocycles. The second kappa shape index (κ2) is 22.7. The molecule has 3 nitrogen and oxygen atoms in total. The van der Waals surface area contributed by atoms with E-state index in [0.29, 0.717) is 0 Å². The highest BCUT2D eigenvalue weighted by molar-refractivity contribution is 5.19. The van der Waals surface area contributed by atoms with Gasteiger partial charge in [0, 0.05) is 24.3 Å². The van der Waals surface area contributed by atoms with Gasteiger partial charge in [-0.25, -0.2) is 0 Å². The van der Waals surface area contributed by atoms with Crippen LogP contribution in [0.4, 0.5) is 0 Å². The van der Waals surface area contributed by atoms with E-state index in [1.165, 1.54) is 16.7 Å². The Morgan fingerprint density at radius 3 is 0.900 bits per heavy atom. The van der Waals surface area contributed by atoms with Crippen LogP contribution in [0.2, 0.25) is 0 Å². The lowest BCUT2D eigenvalue weighted by atomic mass is 10.2. The molecule has 2 heterocycles. The number of pyridine rings is 1. The zero-order chi connectivity index (χ0) is 23.9. The minimum atomic E-state index is 0.968. The highest BCUT2D eigenvalue weighted by Crippen LogP contribution is 1.99. The molecule has 0 fully saturated rings. The first-order valence-corrected chi connectivity index (χ1v) is 11.0. The number of nitrogens with zero attached hydrogens (tertiary/aromatic N) is 3. The quantitative estimate of drug-likeness (QED) is 0.374. The molecule has 0 aliphatic heterocycles. The van der Waals surface area contributed by atoms with Crippen molar-refractivity contribution in [3.63, 3.8) is 0 Å². The van der Waals surface area contributed by atoms with Crippen molar-refractivity contribution < 1.29 is 0 Å². The Labute approximate surface area is 187 Å². The molecule has 0 amide bonds. The minimum absolute atomic E-state index is 0.968. The van der Waals surface area contributed by atoms with Gasteiger partial charge in [0.15, 0.2) is 0 Å². The Morgan fingerprint density at radius 1 is 0.367 bits per heavy atom. The summed E-state index contributed by atoms with van der Waals surface area (Å²) in [5, 5.41) is 0. The topological polar surface area (TPSA) is 38.7 Å². The molecule has 1 aromatic carbocycles. The van der Waals surface area contributed by atoms with E-state index in [1.807, 2.05) is 81.5 Å². The average Bonchev–Trinajstić information content (AvgIpc) is 2.79. The second-order valence-electron chi connectivity index (χ2n) is 5.93. The first-order valence-electron chi connectivity index (χ1n) is 11.0. The second-order valence-corrected chi connectivity index (χ2v) is 5.93. The molecule has 3 heteroatoms. The third kappa shape index (κ3) is 20.2. The predicted molar refractivity (Wildman–Crippen MR) is 135 cm³/mol. The van der Waals surface area contributed by atoms with E-state index in [9.17, 15) is 0 Å². The van der Waals surface area contributed by atoms with Crippen LogP contribution in [0, 0.1) is 41.5 Å². The minimum Gasteiger partial charge on any atom is -0.261 e. The molecule has 0 radical (unpaired) electrons. The van der Waals surface area contributed by atoms with E-state index < -0.39 is 0 Å². The van der Waals surface area contributed by atoms with Crippen molar-refractivity contribution in [1.82, 2.24) is 15.0 Å². The number of aryl methyl sites for hydroxylation is 6. The van der Waals surface area contributed by atoms with Gasteiger partial charge < -0.3 is 0 Å². The van der Waals surface area contributed by atoms with E-state index in [-0.39, 0.29) is 0 Å². The van der Waals surface area contributed by atoms with Crippen LogP contribution in [0.5, 0.6) is 0 Å². The van der Waals surface area contributed by atoms with E-state index in [1.54, 1.807) is 12.4 Å². The van der Waals surface area contributed by atoms with Crippen molar-refractivity contribution in [1.29, 1.82) is 0 Å². The third-order valence-electron chi connectivity index (χ3n) is 3.19. The van der Waals surface area contributed by atoms with Crippen molar-refractivity contribution in [3.8, 4) is 0 Å². The SMILES string of the molecule is CC.CC.CC.Cc1ccc(C)cc1.Cc1ccc(C)nc1.Cc1cnc(C)cn1. The van der Waals surface area contributed by atoms with Crippen LogP contribution in [0.25, 0.3) is 0 Å². The zero-order valence-corrected chi connectivity index (χ0v) is 21.5. The number of hydrogen-bond acceptors (Lipinski definition) is 3. The molecule has 0 atom stereocenters. The van der Waals surface area contributed by atoms with E-state index in [0.717, 1.165) is 17.1 Å². The maximum Gasteiger partial charge on any atom is 0.0555 e. The maximum atomic E-state index is 4.08. The Bertz CT molecular complexity index is 534. The third-order valence-corrected chi connectivity index (χ3v) is 3.19. The van der Waals surface area contributed by atoms with Crippen LogP contribution in [0.15, 0.2) is 55.0 Å². The molecule has 3 rings (SSSR count). The number of benzene rings is 1. The van der Waals surface area contributed by atoms with E-state index in [2.05, 4.69) is 59.1 Å². The molecule has 0 unspecified atom stereocenters. The van der Waals surface area contributed by atoms with Gasteiger partial charge in [-0.3, -0.25) is 15.0 Å². The van der Waals surface area contributed by atoms with Gasteiger partial charge in [0.05, 0.1) is 11.4 Å². The summed E-state index contributed by atoms with van der Waals surface area (Å²) in [5.74, 6) is 0. The van der Waals surface area contributed by atoms with Gasteiger partial charge in [-0.1, -0.05) is 83.0 Å². The molecule has 0 saturated carbocycles. The van der Waals surface area contributed by atoms with Gasteiger partial charge in [-0.05, 0) is 53.2 Å². The summed E-state index contributed by atoms with van der Waals surface area (Å²) in [6, 6.07) is 12.5. The fourth-order valence-corrected chi connectivity index (χ4v) is 1.64. The van der Waals surface area contributed by atoms with E-state index >= 15 is 0 Å². The summed E-state index contributed by atoms with van der Waals surface area (Å²) >= 11 is 0. The standard InChI is InChI=1S/C8H10.C7H9N.C6H8N2.3C2H6/c1-7-3-5-8(2)6-4-7;1-6-3-4-7(2)8-5-6;1-5-3-8-6(2)4-7-5;3*1-2/h3-6H,1-2H3;3-5H,1-2H3;3-4H,1-2H3;3*1-2H3. The van der Waals surface area contributed by atoms with Crippen LogP contribution in [0.3, 0.4) is 0 Å². The highest BCUT2D eigenvalue weighted by atomic mass is 14.8. The van der Waals surface area contributed by atoms with Gasteiger partial charge in [0.25, 0.3) is 0 Å². The van der Waals surface area contributed by atoms with Gasteiger partial charge in [-0.15, -0.1) is 0 Å². The van der Waals surface area contributed by atoms with Crippen molar-refractivity contribution in [3.05, 3.63) is 88.8 Å². The number of aromatic nitrogens is 3. The van der Waals surface area contributed by atoms with E-state index in [4.69, 9.17) is 0 Å². The fraction of sp³-hybridized carbons (Fsp3) is 0.444. The molecule has 0 bridgehead atoms. The lowest BCUT2D eigenvalue weighted by Gasteiger charge is -1.90. The van der Waals surface area contributed by atoms with Crippen LogP contribution >= 0.6 is 0 Å². The monoisotopic (exact) mass is 411 g/mol. The smallest absolute Gasteiger partial charge is 0.0555 e. The Morgan fingerprint density at radius 2 is 0.667 bits per heavy atom. The lowest BCUT2D eigenvalue weighted by molar-refractivity contribution is 1.06. The zero-order valence-electron chi connectivity index (χ0n) is 21.5. The summed E-state index contributed by atoms with van der Waals surface area (Å²) in [4.78, 5) is 12.1. The van der Waals surface area contributed by atoms with Crippen LogP contribution in [0.1, 0.15) is 75.3 Å². The molecule has 0 N–H and O–H groups in total. The Hall–Kier alpha value is -2.55. The van der Waals surface area contributed by atoms with Crippen LogP contribution in [-0.4, -0.2) is 15.0 Å². The molecule has 0 spiro atoms. The molecule has 3 aromatic rings. The van der Waals surface area contributed by atoms with Gasteiger partial charge in [0.2, 0.25) is 0 Å². The number of hydrogen-bond donors (Lipinski definition) is 0. The summed E-state index contributed by atoms with van der Waals surface area (Å²) < 4.78 is 0. The summed E-state index contributed by atoms with van der Waals surface area (Å²) in [6.07, 6.45) is 5.39. The molecule has 30 heavy (non-hydrogen) atoms. The molecular formula is C27H45N3. The van der Waals surface area contributed by atoms with Crippen molar-refractivity contribution >= 4 is 0 Å². The molecule has 0 aliphatic carbocycles. The fourth-order valence-electron chi connectivity index (χ4n) is 1.64. The normalized spacial score (nSPS) is 8.00. The van der Waals surface area contributed by atoms with Gasteiger partial charge >= 0.3 is 0 Å². The van der Waals surface area contributed by atoms with Crippen molar-refractivity contribution in [2.75, 3.05) is 0 Å². The Balaban J connectivity index is -0.000000323. The van der Waals surface area contributed by atoms with Gasteiger partial charge in [0.1, 0.15) is 0 Å². The summed E-state index contributed by atoms with van der Waals surface area (Å²) in [7, 11) is 0. The first-order chi connectivity index (χ1) is 14.4. The van der Waals surface area contributed by atoms with Crippen LogP contribution in [-0.2, 0) is 0 Å². The predicted octanol–water partition coefficient (Wildman–Crippen LogP) is 8.17. The molecule has 168 valence electrons. The summed E-state index contributed by atoms with van der Waals surface area (Å²) in [5.41, 5.74) is 6.89. The van der Waals surface area contributed by atoms with Gasteiger partial charge in [-0.2, -0.15) is 0 Å². The first kappa shape index (κ1) is 32.1. The highest BCUT2D eigenvalue weighted by Gasteiger charge is 1.83. The molecule has 0 aliphatic rings. The van der Waals surface area contributed by atoms with Crippen LogP contribution < -0.4 is 0 Å². The lowest BCUT2D eigenvalue weighted by Crippen LogP contribution is -1.84. The summed E-state index contributed by atoms with van der Waals surface area (Å²) in [6.45, 7) is 24.1. The average molecular weight is 412 g/mol. The van der Waals surface area contributed by atoms with Crippen molar-refractivity contribution in [2.45, 2.75) is 83.1 Å². The largest absolute Gasteiger partial charge is 0.261 e. The molecule has 2 aromatic heterocycles. The van der Waals surface area contributed by atoms with Crippen molar-refractivity contribution in [2.24, 2.45) is 0 Å². The Kier molecular flexibility index (Phi) is 24.3. The molecular weight excluding hydrogens is 366 g/mol. The maximum absolute atomic E-state index is 4.08. The number of rotatable bonds is 0.